The van der Waals surface area contributed by atoms with Gasteiger partial charge in [-0.05, 0) is 43.7 Å². The van der Waals surface area contributed by atoms with Crippen LogP contribution in [0.3, 0.4) is 0 Å². The molecule has 0 spiro atoms. The van der Waals surface area contributed by atoms with Crippen molar-refractivity contribution >= 4 is 35.6 Å². The molecule has 0 amide bonds. The number of nitrogens with zero attached hydrogens (tertiary/aromatic N) is 1. The molecule has 2 aromatic rings. The van der Waals surface area contributed by atoms with Crippen LogP contribution in [0, 0.1) is 6.92 Å². The van der Waals surface area contributed by atoms with Gasteiger partial charge in [-0.3, -0.25) is 0 Å². The minimum Gasteiger partial charge on any atom is -0.493 e. The van der Waals surface area contributed by atoms with E-state index >= 15 is 0 Å². The van der Waals surface area contributed by atoms with E-state index in [0.717, 1.165) is 18.0 Å². The molecule has 2 rings (SSSR count). The molecule has 0 heterocycles. The molecule has 0 atom stereocenters. The minimum absolute atomic E-state index is 0. The Morgan fingerprint density at radius 3 is 2.48 bits per heavy atom. The van der Waals surface area contributed by atoms with E-state index in [-0.39, 0.29) is 24.0 Å². The summed E-state index contributed by atoms with van der Waals surface area (Å²) in [5.41, 5.74) is 2.04. The van der Waals surface area contributed by atoms with Crippen molar-refractivity contribution in [2.24, 2.45) is 4.99 Å². The van der Waals surface area contributed by atoms with Crippen LogP contribution in [0.25, 0.3) is 0 Å². The van der Waals surface area contributed by atoms with Gasteiger partial charge in [0, 0.05) is 18.3 Å². The SMILES string of the molecule is CCNC(=NCCOc1cccc(C)c1)Nc1ccc(OC)c(OC)c1.I. The predicted molar refractivity (Wildman–Crippen MR) is 121 cm³/mol. The highest BCUT2D eigenvalue weighted by atomic mass is 127. The van der Waals surface area contributed by atoms with Gasteiger partial charge in [-0.1, -0.05) is 12.1 Å². The lowest BCUT2D eigenvalue weighted by atomic mass is 10.2. The third-order valence-corrected chi connectivity index (χ3v) is 3.61. The van der Waals surface area contributed by atoms with E-state index in [1.54, 1.807) is 14.2 Å². The first kappa shape index (κ1) is 22.9. The van der Waals surface area contributed by atoms with Crippen LogP contribution in [-0.2, 0) is 0 Å². The molecular formula is C20H28IN3O3. The molecule has 27 heavy (non-hydrogen) atoms. The molecule has 0 aliphatic heterocycles. The van der Waals surface area contributed by atoms with Crippen molar-refractivity contribution in [3.63, 3.8) is 0 Å². The molecule has 148 valence electrons. The molecule has 0 saturated heterocycles. The van der Waals surface area contributed by atoms with Crippen molar-refractivity contribution in [2.45, 2.75) is 13.8 Å². The second-order valence-electron chi connectivity index (χ2n) is 5.62. The number of hydrogen-bond acceptors (Lipinski definition) is 4. The first-order valence-electron chi connectivity index (χ1n) is 8.63. The number of methoxy groups -OCH3 is 2. The van der Waals surface area contributed by atoms with Gasteiger partial charge in [0.1, 0.15) is 12.4 Å². The van der Waals surface area contributed by atoms with Gasteiger partial charge in [-0.2, -0.15) is 0 Å². The maximum Gasteiger partial charge on any atom is 0.195 e. The number of ether oxygens (including phenoxy) is 3. The Balaban J connectivity index is 0.00000364. The number of guanidine groups is 1. The molecule has 0 bridgehead atoms. The molecule has 0 aromatic heterocycles. The summed E-state index contributed by atoms with van der Waals surface area (Å²) in [5, 5.41) is 6.48. The van der Waals surface area contributed by atoms with Crippen LogP contribution < -0.4 is 24.8 Å². The van der Waals surface area contributed by atoms with E-state index in [0.29, 0.717) is 30.6 Å². The second kappa shape index (κ2) is 12.3. The van der Waals surface area contributed by atoms with Gasteiger partial charge >= 0.3 is 0 Å². The lowest BCUT2D eigenvalue weighted by Crippen LogP contribution is -2.31. The zero-order valence-electron chi connectivity index (χ0n) is 16.2. The lowest BCUT2D eigenvalue weighted by molar-refractivity contribution is 0.328. The van der Waals surface area contributed by atoms with Crippen molar-refractivity contribution in [3.8, 4) is 17.2 Å². The average molecular weight is 485 g/mol. The summed E-state index contributed by atoms with van der Waals surface area (Å²) in [4.78, 5) is 4.54. The summed E-state index contributed by atoms with van der Waals surface area (Å²) in [7, 11) is 3.23. The van der Waals surface area contributed by atoms with Crippen molar-refractivity contribution in [2.75, 3.05) is 39.2 Å². The highest BCUT2D eigenvalue weighted by molar-refractivity contribution is 14.0. The Morgan fingerprint density at radius 2 is 1.81 bits per heavy atom. The molecule has 2 aromatic carbocycles. The Bertz CT molecular complexity index is 738. The van der Waals surface area contributed by atoms with Crippen LogP contribution in [0.15, 0.2) is 47.5 Å². The normalized spacial score (nSPS) is 10.6. The van der Waals surface area contributed by atoms with Crippen LogP contribution in [0.5, 0.6) is 17.2 Å². The quantitative estimate of drug-likeness (QED) is 0.255. The van der Waals surface area contributed by atoms with Crippen LogP contribution in [0.1, 0.15) is 12.5 Å². The highest BCUT2D eigenvalue weighted by Crippen LogP contribution is 2.29. The smallest absolute Gasteiger partial charge is 0.195 e. The zero-order chi connectivity index (χ0) is 18.8. The van der Waals surface area contributed by atoms with E-state index in [1.165, 1.54) is 5.56 Å². The standard InChI is InChI=1S/C20H27N3O3.HI/c1-5-21-20(22-11-12-26-17-8-6-7-15(2)13-17)23-16-9-10-18(24-3)19(14-16)25-4;/h6-10,13-14H,5,11-12H2,1-4H3,(H2,21,22,23);1H. The molecule has 0 fully saturated rings. The maximum absolute atomic E-state index is 5.73. The van der Waals surface area contributed by atoms with Crippen LogP contribution in [0.2, 0.25) is 0 Å². The van der Waals surface area contributed by atoms with E-state index in [4.69, 9.17) is 14.2 Å². The molecular weight excluding hydrogens is 457 g/mol. The lowest BCUT2D eigenvalue weighted by Gasteiger charge is -2.14. The first-order valence-corrected chi connectivity index (χ1v) is 8.63. The maximum atomic E-state index is 5.73. The Kier molecular flexibility index (Phi) is 10.4. The predicted octanol–water partition coefficient (Wildman–Crippen LogP) is 4.09. The fourth-order valence-corrected chi connectivity index (χ4v) is 2.38. The summed E-state index contributed by atoms with van der Waals surface area (Å²) in [5.74, 6) is 2.90. The van der Waals surface area contributed by atoms with Gasteiger partial charge < -0.3 is 24.8 Å². The first-order chi connectivity index (χ1) is 12.7. The average Bonchev–Trinajstić information content (AvgIpc) is 2.65. The number of halogens is 1. The molecule has 2 N–H and O–H groups in total. The van der Waals surface area contributed by atoms with Gasteiger partial charge in [-0.15, -0.1) is 24.0 Å². The monoisotopic (exact) mass is 485 g/mol. The van der Waals surface area contributed by atoms with Gasteiger partial charge in [0.25, 0.3) is 0 Å². The number of aliphatic imine (C=N–C) groups is 1. The van der Waals surface area contributed by atoms with Crippen molar-refractivity contribution in [3.05, 3.63) is 48.0 Å². The number of hydrogen-bond donors (Lipinski definition) is 2. The largest absolute Gasteiger partial charge is 0.493 e. The molecule has 0 unspecified atom stereocenters. The third-order valence-electron chi connectivity index (χ3n) is 3.61. The summed E-state index contributed by atoms with van der Waals surface area (Å²) in [6, 6.07) is 13.6. The van der Waals surface area contributed by atoms with E-state index < -0.39 is 0 Å². The van der Waals surface area contributed by atoms with E-state index in [9.17, 15) is 0 Å². The Labute approximate surface area is 178 Å². The number of nitrogens with one attached hydrogen (secondary N) is 2. The molecule has 0 saturated carbocycles. The molecule has 6 nitrogen and oxygen atoms in total. The fourth-order valence-electron chi connectivity index (χ4n) is 2.38. The fraction of sp³-hybridized carbons (Fsp3) is 0.350. The van der Waals surface area contributed by atoms with Crippen LogP contribution in [-0.4, -0.2) is 39.9 Å². The number of aryl methyl sites for hydroxylation is 1. The molecule has 7 heteroatoms. The van der Waals surface area contributed by atoms with Crippen LogP contribution >= 0.6 is 24.0 Å². The van der Waals surface area contributed by atoms with Crippen molar-refractivity contribution in [1.82, 2.24) is 5.32 Å². The van der Waals surface area contributed by atoms with Crippen molar-refractivity contribution in [1.29, 1.82) is 0 Å². The second-order valence-corrected chi connectivity index (χ2v) is 5.62. The van der Waals surface area contributed by atoms with Gasteiger partial charge in [-0.25, -0.2) is 4.99 Å². The summed E-state index contributed by atoms with van der Waals surface area (Å²) >= 11 is 0. The number of anilines is 1. The summed E-state index contributed by atoms with van der Waals surface area (Å²) in [6.45, 7) is 5.87. The molecule has 0 radical (unpaired) electrons. The van der Waals surface area contributed by atoms with Gasteiger partial charge in [0.2, 0.25) is 0 Å². The Hall–Kier alpha value is -2.16. The topological polar surface area (TPSA) is 64.1 Å². The molecule has 0 aliphatic rings. The van der Waals surface area contributed by atoms with E-state index in [2.05, 4.69) is 15.6 Å². The molecule has 0 aliphatic carbocycles. The summed E-state index contributed by atoms with van der Waals surface area (Å²) < 4.78 is 16.3. The van der Waals surface area contributed by atoms with Crippen molar-refractivity contribution < 1.29 is 14.2 Å². The number of rotatable bonds is 8. The van der Waals surface area contributed by atoms with E-state index in [1.807, 2.05) is 56.3 Å². The Morgan fingerprint density at radius 1 is 1.04 bits per heavy atom. The van der Waals surface area contributed by atoms with Crippen LogP contribution in [0.4, 0.5) is 5.69 Å². The highest BCUT2D eigenvalue weighted by Gasteiger charge is 2.06. The van der Waals surface area contributed by atoms with Gasteiger partial charge in [0.15, 0.2) is 17.5 Å². The zero-order valence-corrected chi connectivity index (χ0v) is 18.6. The minimum atomic E-state index is 0. The third kappa shape index (κ3) is 7.54. The van der Waals surface area contributed by atoms with Gasteiger partial charge in [0.05, 0.1) is 20.8 Å². The number of benzene rings is 2. The summed E-state index contributed by atoms with van der Waals surface area (Å²) in [6.07, 6.45) is 0.